The maximum atomic E-state index is 5.64. The Balaban J connectivity index is 1.72. The summed E-state index contributed by atoms with van der Waals surface area (Å²) in [6.07, 6.45) is 1.90. The summed E-state index contributed by atoms with van der Waals surface area (Å²) in [5.41, 5.74) is 5.97. The van der Waals surface area contributed by atoms with Crippen LogP contribution in [0.5, 0.6) is 11.5 Å². The summed E-state index contributed by atoms with van der Waals surface area (Å²) in [6, 6.07) is 20.5. The first-order valence-corrected chi connectivity index (χ1v) is 10.4. The molecule has 6 heteroatoms. The highest BCUT2D eigenvalue weighted by atomic mass is 79.9. The van der Waals surface area contributed by atoms with Gasteiger partial charge in [0.25, 0.3) is 0 Å². The number of hydrogen-bond donors (Lipinski definition) is 0. The van der Waals surface area contributed by atoms with Crippen molar-refractivity contribution in [3.05, 3.63) is 76.9 Å². The largest absolute Gasteiger partial charge is 0.454 e. The van der Waals surface area contributed by atoms with Gasteiger partial charge in [-0.05, 0) is 37.3 Å². The first-order chi connectivity index (χ1) is 14.7. The van der Waals surface area contributed by atoms with E-state index in [0.717, 1.165) is 54.7 Å². The van der Waals surface area contributed by atoms with Crippen LogP contribution in [0.2, 0.25) is 0 Å². The smallest absolute Gasteiger partial charge is 0.231 e. The Hall–Kier alpha value is -3.38. The van der Waals surface area contributed by atoms with Gasteiger partial charge >= 0.3 is 0 Å². The molecule has 5 nitrogen and oxygen atoms in total. The standard InChI is InChI=1S/C24H16BrN3O2/c1-14-5-7-17(8-6-14)28-24-18-10-21-22(30-13-29-21)11-20(18)26-12-19(24)23(27-28)15-3-2-4-16(25)9-15/h2-12H,13H2,1H3. The molecule has 0 fully saturated rings. The third-order valence-corrected chi connectivity index (χ3v) is 5.87. The molecular formula is C24H16BrN3O2. The molecule has 30 heavy (non-hydrogen) atoms. The molecule has 0 amide bonds. The van der Waals surface area contributed by atoms with Crippen LogP contribution >= 0.6 is 15.9 Å². The molecule has 1 aliphatic heterocycles. The first kappa shape index (κ1) is 17.5. The van der Waals surface area contributed by atoms with Gasteiger partial charge in [-0.15, -0.1) is 0 Å². The van der Waals surface area contributed by atoms with Crippen molar-refractivity contribution in [3.63, 3.8) is 0 Å². The normalized spacial score (nSPS) is 12.7. The third kappa shape index (κ3) is 2.68. The van der Waals surface area contributed by atoms with Crippen molar-refractivity contribution in [3.8, 4) is 28.4 Å². The quantitative estimate of drug-likeness (QED) is 0.324. The van der Waals surface area contributed by atoms with Crippen molar-refractivity contribution in [2.75, 3.05) is 6.79 Å². The minimum absolute atomic E-state index is 0.231. The van der Waals surface area contributed by atoms with Crippen LogP contribution in [0.15, 0.2) is 71.3 Å². The van der Waals surface area contributed by atoms with Gasteiger partial charge in [-0.25, -0.2) is 4.68 Å². The summed E-state index contributed by atoms with van der Waals surface area (Å²) in [7, 11) is 0. The van der Waals surface area contributed by atoms with Gasteiger partial charge in [0.1, 0.15) is 5.69 Å². The first-order valence-electron chi connectivity index (χ1n) is 9.61. The number of ether oxygens (including phenoxy) is 2. The van der Waals surface area contributed by atoms with Gasteiger partial charge in [-0.3, -0.25) is 4.98 Å². The summed E-state index contributed by atoms with van der Waals surface area (Å²) in [5.74, 6) is 1.46. The third-order valence-electron chi connectivity index (χ3n) is 5.38. The van der Waals surface area contributed by atoms with Crippen molar-refractivity contribution in [2.45, 2.75) is 6.92 Å². The molecule has 6 rings (SSSR count). The number of aromatic nitrogens is 3. The summed E-state index contributed by atoms with van der Waals surface area (Å²) < 4.78 is 14.2. The predicted octanol–water partition coefficient (Wildman–Crippen LogP) is 6.04. The minimum atomic E-state index is 0.231. The maximum Gasteiger partial charge on any atom is 0.231 e. The molecule has 5 aromatic rings. The number of benzene rings is 3. The summed E-state index contributed by atoms with van der Waals surface area (Å²) in [4.78, 5) is 4.72. The van der Waals surface area contributed by atoms with E-state index in [1.807, 2.05) is 35.1 Å². The number of halogens is 1. The van der Waals surface area contributed by atoms with E-state index in [2.05, 4.69) is 59.3 Å². The maximum absolute atomic E-state index is 5.64. The van der Waals surface area contributed by atoms with Crippen LogP contribution in [0, 0.1) is 6.92 Å². The van der Waals surface area contributed by atoms with Crippen molar-refractivity contribution in [2.24, 2.45) is 0 Å². The van der Waals surface area contributed by atoms with E-state index in [9.17, 15) is 0 Å². The number of pyridine rings is 1. The zero-order chi connectivity index (χ0) is 20.2. The van der Waals surface area contributed by atoms with Gasteiger partial charge in [0, 0.05) is 33.1 Å². The zero-order valence-electron chi connectivity index (χ0n) is 16.1. The molecule has 1 aliphatic rings. The lowest BCUT2D eigenvalue weighted by molar-refractivity contribution is 0.174. The Kier molecular flexibility index (Phi) is 3.83. The number of rotatable bonds is 2. The van der Waals surface area contributed by atoms with Crippen LogP contribution in [-0.2, 0) is 0 Å². The summed E-state index contributed by atoms with van der Waals surface area (Å²) in [6.45, 7) is 2.31. The molecule has 2 aromatic heterocycles. The van der Waals surface area contributed by atoms with E-state index in [1.165, 1.54) is 5.56 Å². The van der Waals surface area contributed by atoms with Gasteiger partial charge in [0.15, 0.2) is 11.5 Å². The second kappa shape index (κ2) is 6.57. The highest BCUT2D eigenvalue weighted by molar-refractivity contribution is 9.10. The fourth-order valence-electron chi connectivity index (χ4n) is 3.90. The number of hydrogen-bond acceptors (Lipinski definition) is 4. The Bertz CT molecular complexity index is 1440. The van der Waals surface area contributed by atoms with E-state index < -0.39 is 0 Å². The van der Waals surface area contributed by atoms with Crippen molar-refractivity contribution in [1.82, 2.24) is 14.8 Å². The lowest BCUT2D eigenvalue weighted by atomic mass is 10.1. The van der Waals surface area contributed by atoms with Gasteiger partial charge < -0.3 is 9.47 Å². The second-order valence-corrected chi connectivity index (χ2v) is 8.27. The molecule has 0 unspecified atom stereocenters. The average Bonchev–Trinajstić information content (AvgIpc) is 3.37. The Labute approximate surface area is 181 Å². The van der Waals surface area contributed by atoms with Crippen molar-refractivity contribution >= 4 is 37.7 Å². The van der Waals surface area contributed by atoms with Crippen LogP contribution in [0.3, 0.4) is 0 Å². The lowest BCUT2D eigenvalue weighted by Gasteiger charge is -2.07. The topological polar surface area (TPSA) is 49.2 Å². The Morgan fingerprint density at radius 3 is 2.53 bits per heavy atom. The molecule has 3 aromatic carbocycles. The monoisotopic (exact) mass is 457 g/mol. The van der Waals surface area contributed by atoms with E-state index in [1.54, 1.807) is 0 Å². The molecule has 0 aliphatic carbocycles. The van der Waals surface area contributed by atoms with Gasteiger partial charge in [-0.2, -0.15) is 5.10 Å². The van der Waals surface area contributed by atoms with Crippen LogP contribution in [0.4, 0.5) is 0 Å². The molecule has 0 saturated heterocycles. The molecule has 0 saturated carbocycles. The fourth-order valence-corrected chi connectivity index (χ4v) is 4.29. The molecule has 0 bridgehead atoms. The highest BCUT2D eigenvalue weighted by Gasteiger charge is 2.21. The number of fused-ring (bicyclic) bond motifs is 4. The van der Waals surface area contributed by atoms with Gasteiger partial charge in [-0.1, -0.05) is 45.8 Å². The van der Waals surface area contributed by atoms with Gasteiger partial charge in [0.2, 0.25) is 6.79 Å². The molecule has 3 heterocycles. The SMILES string of the molecule is Cc1ccc(-n2nc(-c3cccc(Br)c3)c3cnc4cc5c(cc4c32)OCO5)cc1. The summed E-state index contributed by atoms with van der Waals surface area (Å²) >= 11 is 3.58. The van der Waals surface area contributed by atoms with E-state index in [4.69, 9.17) is 19.6 Å². The van der Waals surface area contributed by atoms with Crippen LogP contribution in [0.25, 0.3) is 38.8 Å². The fraction of sp³-hybridized carbons (Fsp3) is 0.0833. The van der Waals surface area contributed by atoms with Crippen LogP contribution in [-0.4, -0.2) is 21.6 Å². The average molecular weight is 458 g/mol. The minimum Gasteiger partial charge on any atom is -0.454 e. The van der Waals surface area contributed by atoms with Crippen LogP contribution in [0.1, 0.15) is 5.56 Å². The summed E-state index contributed by atoms with van der Waals surface area (Å²) in [5, 5.41) is 6.99. The van der Waals surface area contributed by atoms with Crippen LogP contribution < -0.4 is 9.47 Å². The molecule has 0 N–H and O–H groups in total. The molecule has 0 radical (unpaired) electrons. The Morgan fingerprint density at radius 1 is 0.933 bits per heavy atom. The highest BCUT2D eigenvalue weighted by Crippen LogP contribution is 2.40. The molecule has 0 spiro atoms. The van der Waals surface area contributed by atoms with E-state index in [-0.39, 0.29) is 6.79 Å². The number of nitrogens with zero attached hydrogens (tertiary/aromatic N) is 3. The predicted molar refractivity (Wildman–Crippen MR) is 120 cm³/mol. The second-order valence-electron chi connectivity index (χ2n) is 7.35. The van der Waals surface area contributed by atoms with E-state index in [0.29, 0.717) is 0 Å². The van der Waals surface area contributed by atoms with Crippen molar-refractivity contribution < 1.29 is 9.47 Å². The lowest BCUT2D eigenvalue weighted by Crippen LogP contribution is -1.97. The van der Waals surface area contributed by atoms with Crippen molar-refractivity contribution in [1.29, 1.82) is 0 Å². The molecule has 0 atom stereocenters. The molecule has 146 valence electrons. The zero-order valence-corrected chi connectivity index (χ0v) is 17.7. The van der Waals surface area contributed by atoms with E-state index >= 15 is 0 Å². The number of aryl methyl sites for hydroxylation is 1. The molecular weight excluding hydrogens is 442 g/mol. The van der Waals surface area contributed by atoms with Gasteiger partial charge in [0.05, 0.1) is 16.7 Å². The Morgan fingerprint density at radius 2 is 1.73 bits per heavy atom.